The lowest BCUT2D eigenvalue weighted by molar-refractivity contribution is -0.123. The summed E-state index contributed by atoms with van der Waals surface area (Å²) in [7, 11) is 0. The highest BCUT2D eigenvalue weighted by molar-refractivity contribution is 5.79. The molecule has 0 radical (unpaired) electrons. The number of rotatable bonds is 4. The first-order valence-electron chi connectivity index (χ1n) is 6.60. The van der Waals surface area contributed by atoms with Crippen molar-refractivity contribution in [3.05, 3.63) is 29.8 Å². The standard InChI is InChI=1S/C15H21NO2/c1-12-4-3-5-15(10-12)18-9-8-16-7-6-14(17)11-13(16)2/h3-5,10,13H,6-9,11H2,1-2H3. The molecule has 98 valence electrons. The summed E-state index contributed by atoms with van der Waals surface area (Å²) in [5, 5.41) is 0. The van der Waals surface area contributed by atoms with Gasteiger partial charge in [0.05, 0.1) is 0 Å². The Balaban J connectivity index is 1.77. The van der Waals surface area contributed by atoms with E-state index in [9.17, 15) is 4.79 Å². The third-order valence-electron chi connectivity index (χ3n) is 3.46. The Labute approximate surface area is 109 Å². The van der Waals surface area contributed by atoms with Crippen molar-refractivity contribution in [2.24, 2.45) is 0 Å². The van der Waals surface area contributed by atoms with Crippen molar-refractivity contribution in [1.29, 1.82) is 0 Å². The van der Waals surface area contributed by atoms with E-state index in [1.807, 2.05) is 18.2 Å². The fourth-order valence-corrected chi connectivity index (χ4v) is 2.37. The van der Waals surface area contributed by atoms with Gasteiger partial charge in [-0.2, -0.15) is 0 Å². The maximum absolute atomic E-state index is 11.3. The number of hydrogen-bond acceptors (Lipinski definition) is 3. The van der Waals surface area contributed by atoms with Crippen molar-refractivity contribution in [2.45, 2.75) is 32.7 Å². The molecule has 0 saturated carbocycles. The van der Waals surface area contributed by atoms with E-state index in [4.69, 9.17) is 4.74 Å². The van der Waals surface area contributed by atoms with Crippen LogP contribution in [-0.4, -0.2) is 36.4 Å². The van der Waals surface area contributed by atoms with Gasteiger partial charge in [-0.15, -0.1) is 0 Å². The number of Topliss-reactive ketones (excluding diaryl/α,β-unsaturated/α-hetero) is 1. The van der Waals surface area contributed by atoms with Crippen LogP contribution >= 0.6 is 0 Å². The molecule has 1 aliphatic heterocycles. The van der Waals surface area contributed by atoms with Crippen LogP contribution in [-0.2, 0) is 4.79 Å². The molecule has 0 N–H and O–H groups in total. The molecule has 0 bridgehead atoms. The molecule has 0 amide bonds. The van der Waals surface area contributed by atoms with Gasteiger partial charge in [-0.05, 0) is 31.5 Å². The molecule has 0 aromatic heterocycles. The molecule has 1 fully saturated rings. The number of hydrogen-bond donors (Lipinski definition) is 0. The van der Waals surface area contributed by atoms with E-state index in [0.717, 1.165) is 18.8 Å². The fourth-order valence-electron chi connectivity index (χ4n) is 2.37. The van der Waals surface area contributed by atoms with Crippen molar-refractivity contribution in [2.75, 3.05) is 19.7 Å². The normalized spacial score (nSPS) is 21.0. The molecule has 0 aliphatic carbocycles. The molecule has 1 heterocycles. The first kappa shape index (κ1) is 13.1. The quantitative estimate of drug-likeness (QED) is 0.818. The maximum atomic E-state index is 11.3. The van der Waals surface area contributed by atoms with Crippen LogP contribution in [0.1, 0.15) is 25.3 Å². The van der Waals surface area contributed by atoms with Gasteiger partial charge >= 0.3 is 0 Å². The van der Waals surface area contributed by atoms with Crippen molar-refractivity contribution < 1.29 is 9.53 Å². The Morgan fingerprint density at radius 3 is 3.00 bits per heavy atom. The molecule has 1 aromatic rings. The van der Waals surface area contributed by atoms with Crippen LogP contribution in [0.15, 0.2) is 24.3 Å². The van der Waals surface area contributed by atoms with Gasteiger partial charge in [0.15, 0.2) is 0 Å². The molecule has 0 spiro atoms. The summed E-state index contributed by atoms with van der Waals surface area (Å²) in [6, 6.07) is 8.45. The molecule has 3 nitrogen and oxygen atoms in total. The second kappa shape index (κ2) is 6.01. The molecular weight excluding hydrogens is 226 g/mol. The monoisotopic (exact) mass is 247 g/mol. The minimum atomic E-state index is 0.354. The summed E-state index contributed by atoms with van der Waals surface area (Å²) in [5.74, 6) is 1.31. The third kappa shape index (κ3) is 3.57. The van der Waals surface area contributed by atoms with Crippen LogP contribution < -0.4 is 4.74 Å². The topological polar surface area (TPSA) is 29.5 Å². The average Bonchev–Trinajstić information content (AvgIpc) is 2.32. The molecule has 1 atom stereocenters. The van der Waals surface area contributed by atoms with Crippen molar-refractivity contribution in [3.8, 4) is 5.75 Å². The predicted octanol–water partition coefficient (Wildman–Crippen LogP) is 2.43. The van der Waals surface area contributed by atoms with Crippen molar-refractivity contribution in [1.82, 2.24) is 4.90 Å². The van der Waals surface area contributed by atoms with Gasteiger partial charge < -0.3 is 4.74 Å². The smallest absolute Gasteiger partial charge is 0.135 e. The first-order valence-corrected chi connectivity index (χ1v) is 6.60. The minimum Gasteiger partial charge on any atom is -0.492 e. The lowest BCUT2D eigenvalue weighted by Gasteiger charge is -2.32. The SMILES string of the molecule is Cc1cccc(OCCN2CCC(=O)CC2C)c1. The summed E-state index contributed by atoms with van der Waals surface area (Å²) < 4.78 is 5.74. The van der Waals surface area contributed by atoms with Gasteiger partial charge in [0.1, 0.15) is 18.1 Å². The third-order valence-corrected chi connectivity index (χ3v) is 3.46. The zero-order valence-electron chi connectivity index (χ0n) is 11.2. The van der Waals surface area contributed by atoms with Crippen LogP contribution in [0.25, 0.3) is 0 Å². The predicted molar refractivity (Wildman–Crippen MR) is 72.0 cm³/mol. The molecule has 2 rings (SSSR count). The van der Waals surface area contributed by atoms with Gasteiger partial charge in [0.25, 0.3) is 0 Å². The van der Waals surface area contributed by atoms with Crippen LogP contribution in [0.3, 0.4) is 0 Å². The summed E-state index contributed by atoms with van der Waals surface area (Å²) in [4.78, 5) is 13.6. The van der Waals surface area contributed by atoms with Gasteiger partial charge in [0, 0.05) is 32.0 Å². The van der Waals surface area contributed by atoms with E-state index in [-0.39, 0.29) is 0 Å². The second-order valence-corrected chi connectivity index (χ2v) is 5.04. The fraction of sp³-hybridized carbons (Fsp3) is 0.533. The molecule has 1 saturated heterocycles. The number of ether oxygens (including phenoxy) is 1. The Bertz CT molecular complexity index is 417. The molecule has 1 aliphatic rings. The highest BCUT2D eigenvalue weighted by atomic mass is 16.5. The van der Waals surface area contributed by atoms with Crippen LogP contribution in [0.2, 0.25) is 0 Å². The average molecular weight is 247 g/mol. The van der Waals surface area contributed by atoms with Crippen LogP contribution in [0.5, 0.6) is 5.75 Å². The number of ketones is 1. The Morgan fingerprint density at radius 1 is 1.44 bits per heavy atom. The maximum Gasteiger partial charge on any atom is 0.135 e. The molecule has 3 heteroatoms. The summed E-state index contributed by atoms with van der Waals surface area (Å²) in [6.45, 7) is 6.62. The number of benzene rings is 1. The number of piperidine rings is 1. The van der Waals surface area contributed by atoms with Crippen LogP contribution in [0, 0.1) is 6.92 Å². The Hall–Kier alpha value is -1.35. The summed E-state index contributed by atoms with van der Waals surface area (Å²) in [5.41, 5.74) is 1.21. The highest BCUT2D eigenvalue weighted by Gasteiger charge is 2.22. The summed E-state index contributed by atoms with van der Waals surface area (Å²) >= 11 is 0. The number of carbonyl (C=O) groups is 1. The van der Waals surface area contributed by atoms with Gasteiger partial charge in [-0.3, -0.25) is 9.69 Å². The van der Waals surface area contributed by atoms with Gasteiger partial charge in [0.2, 0.25) is 0 Å². The molecular formula is C15H21NO2. The zero-order chi connectivity index (χ0) is 13.0. The lowest BCUT2D eigenvalue weighted by Crippen LogP contribution is -2.42. The van der Waals surface area contributed by atoms with Gasteiger partial charge in [-0.25, -0.2) is 0 Å². The highest BCUT2D eigenvalue weighted by Crippen LogP contribution is 2.15. The molecule has 1 aromatic carbocycles. The van der Waals surface area contributed by atoms with Crippen molar-refractivity contribution >= 4 is 5.78 Å². The van der Waals surface area contributed by atoms with Crippen molar-refractivity contribution in [3.63, 3.8) is 0 Å². The number of nitrogens with zero attached hydrogens (tertiary/aromatic N) is 1. The van der Waals surface area contributed by atoms with Gasteiger partial charge in [-0.1, -0.05) is 12.1 Å². The van der Waals surface area contributed by atoms with Crippen LogP contribution in [0.4, 0.5) is 0 Å². The zero-order valence-corrected chi connectivity index (χ0v) is 11.2. The number of carbonyl (C=O) groups excluding carboxylic acids is 1. The Kier molecular flexibility index (Phi) is 4.37. The largest absolute Gasteiger partial charge is 0.492 e. The molecule has 18 heavy (non-hydrogen) atoms. The van der Waals surface area contributed by atoms with E-state index in [2.05, 4.69) is 24.8 Å². The lowest BCUT2D eigenvalue weighted by atomic mass is 10.0. The van der Waals surface area contributed by atoms with E-state index >= 15 is 0 Å². The van der Waals surface area contributed by atoms with E-state index < -0.39 is 0 Å². The number of aryl methyl sites for hydroxylation is 1. The Morgan fingerprint density at radius 2 is 2.28 bits per heavy atom. The first-order chi connectivity index (χ1) is 8.65. The van der Waals surface area contributed by atoms with E-state index in [1.54, 1.807) is 0 Å². The number of likely N-dealkylation sites (tertiary alicyclic amines) is 1. The second-order valence-electron chi connectivity index (χ2n) is 5.04. The summed E-state index contributed by atoms with van der Waals surface area (Å²) in [6.07, 6.45) is 1.37. The van der Waals surface area contributed by atoms with E-state index in [0.29, 0.717) is 31.3 Å². The van der Waals surface area contributed by atoms with E-state index in [1.165, 1.54) is 5.56 Å². The molecule has 1 unspecified atom stereocenters. The minimum absolute atomic E-state index is 0.354.